The van der Waals surface area contributed by atoms with E-state index in [1.165, 1.54) is 0 Å². The maximum atomic E-state index is 3.73. The fourth-order valence-corrected chi connectivity index (χ4v) is 0. The van der Waals surface area contributed by atoms with Gasteiger partial charge >= 0.3 is 0 Å². The molecule has 7 heavy (non-hydrogen) atoms. The molecule has 0 rings (SSSR count). The predicted octanol–water partition coefficient (Wildman–Crippen LogP) is -2.47. The van der Waals surface area contributed by atoms with Gasteiger partial charge < -0.3 is 28.5 Å². The number of nitrogens with zero attached hydrogens (tertiary/aromatic N) is 1. The minimum absolute atomic E-state index is 0. The van der Waals surface area contributed by atoms with Crippen molar-refractivity contribution in [1.29, 1.82) is 0 Å². The van der Waals surface area contributed by atoms with E-state index in [0.717, 1.165) is 11.0 Å². The molecule has 0 heterocycles. The molecule has 0 N–H and O–H groups in total. The summed E-state index contributed by atoms with van der Waals surface area (Å²) in [6, 6.07) is 0. The number of hydrogen-bond donors (Lipinski definition) is 0. The summed E-state index contributed by atoms with van der Waals surface area (Å²) < 4.78 is 0.958. The van der Waals surface area contributed by atoms with Crippen molar-refractivity contribution in [2.45, 2.75) is 0 Å². The Bertz CT molecular complexity index is 37.8. The largest absolute Gasteiger partial charge is 1.00 e. The summed E-state index contributed by atoms with van der Waals surface area (Å²) in [7, 11) is 6.35. The van der Waals surface area contributed by atoms with E-state index in [9.17, 15) is 0 Å². The van der Waals surface area contributed by atoms with Gasteiger partial charge in [0.2, 0.25) is 0 Å². The van der Waals surface area contributed by atoms with Crippen LogP contribution in [0, 0.1) is 6.92 Å². The first-order chi connectivity index (χ1) is 2.56. The molecule has 0 saturated carbocycles. The molecule has 0 fully saturated rings. The second-order valence-corrected chi connectivity index (χ2v) is 2.51. The zero-order valence-electron chi connectivity index (χ0n) is 5.24. The Labute approximate surface area is 63.3 Å². The minimum Gasteiger partial charge on any atom is -1.00 e. The van der Waals surface area contributed by atoms with Gasteiger partial charge in [-0.1, -0.05) is 0 Å². The van der Waals surface area contributed by atoms with Gasteiger partial charge in [-0.05, 0) is 0 Å². The van der Waals surface area contributed by atoms with E-state index in [1.54, 1.807) is 0 Å². The van der Waals surface area contributed by atoms with Gasteiger partial charge in [0.1, 0.15) is 0 Å². The van der Waals surface area contributed by atoms with Gasteiger partial charge in [0, 0.05) is 6.92 Å². The molecule has 0 aromatic carbocycles. The topological polar surface area (TPSA) is 0 Å². The van der Waals surface area contributed by atoms with Crippen molar-refractivity contribution in [3.8, 4) is 0 Å². The quantitative estimate of drug-likeness (QED) is 0.335. The number of hydrogen-bond acceptors (Lipinski definition) is 0. The van der Waals surface area contributed by atoms with E-state index in [0.29, 0.717) is 0 Å². The number of rotatable bonds is 1. The average Bonchev–Trinajstić information content (AvgIpc) is 1.35. The Morgan fingerprint density at radius 1 is 1.29 bits per heavy atom. The fourth-order valence-electron chi connectivity index (χ4n) is 0. The van der Waals surface area contributed by atoms with Crippen LogP contribution in [-0.2, 0) is 0 Å². The van der Waals surface area contributed by atoms with Gasteiger partial charge in [0.15, 0.2) is 0 Å². The molecule has 0 aliphatic heterocycles. The second-order valence-electron chi connectivity index (χ2n) is 2.51. The van der Waals surface area contributed by atoms with Crippen LogP contribution in [-0.4, -0.2) is 32.2 Å². The molecule has 1 nitrogen and oxygen atoms in total. The normalized spacial score (nSPS) is 10.3. The van der Waals surface area contributed by atoms with Crippen LogP contribution in [0.25, 0.3) is 0 Å². The molecule has 0 aliphatic rings. The van der Waals surface area contributed by atoms with Crippen molar-refractivity contribution in [3.05, 3.63) is 6.92 Å². The second kappa shape index (κ2) is 3.66. The lowest BCUT2D eigenvalue weighted by molar-refractivity contribution is -0.864. The number of quaternary nitrogens is 1. The summed E-state index contributed by atoms with van der Waals surface area (Å²) in [6.07, 6.45) is 0. The lowest BCUT2D eigenvalue weighted by Gasteiger charge is -2.20. The van der Waals surface area contributed by atoms with E-state index < -0.39 is 0 Å². The molecular formula is C5H13IN. The number of halogens is 1. The van der Waals surface area contributed by atoms with Gasteiger partial charge in [-0.3, -0.25) is 0 Å². The minimum atomic E-state index is 0. The van der Waals surface area contributed by atoms with Crippen LogP contribution in [0.3, 0.4) is 0 Å². The summed E-state index contributed by atoms with van der Waals surface area (Å²) in [5, 5.41) is 0. The lowest BCUT2D eigenvalue weighted by Crippen LogP contribution is -3.00. The van der Waals surface area contributed by atoms with Crippen LogP contribution in [0.2, 0.25) is 0 Å². The standard InChI is InChI=1S/C5H13N.HI/c1-5-6(2,3)4;/h1,5H2,2-4H3;1H/q+1;/p-1. The van der Waals surface area contributed by atoms with E-state index in [-0.39, 0.29) is 24.0 Å². The summed E-state index contributed by atoms with van der Waals surface area (Å²) in [5.41, 5.74) is 0. The maximum absolute atomic E-state index is 3.73. The van der Waals surface area contributed by atoms with Gasteiger partial charge in [0.25, 0.3) is 0 Å². The van der Waals surface area contributed by atoms with E-state index in [2.05, 4.69) is 28.1 Å². The molecule has 1 radical (unpaired) electrons. The summed E-state index contributed by atoms with van der Waals surface area (Å²) in [4.78, 5) is 0. The van der Waals surface area contributed by atoms with Crippen LogP contribution in [0.15, 0.2) is 0 Å². The van der Waals surface area contributed by atoms with Crippen molar-refractivity contribution in [2.75, 3.05) is 27.7 Å². The van der Waals surface area contributed by atoms with Crippen LogP contribution in [0.1, 0.15) is 0 Å². The lowest BCUT2D eigenvalue weighted by atomic mass is 10.6. The van der Waals surface area contributed by atoms with Crippen LogP contribution in [0.5, 0.6) is 0 Å². The first kappa shape index (κ1) is 10.6. The molecule has 2 heteroatoms. The van der Waals surface area contributed by atoms with Gasteiger partial charge in [-0.15, -0.1) is 0 Å². The molecule has 0 amide bonds. The van der Waals surface area contributed by atoms with Crippen molar-refractivity contribution in [2.24, 2.45) is 0 Å². The summed E-state index contributed by atoms with van der Waals surface area (Å²) in [5.74, 6) is 0. The van der Waals surface area contributed by atoms with Gasteiger partial charge in [0.05, 0.1) is 27.7 Å². The monoisotopic (exact) mass is 214 g/mol. The van der Waals surface area contributed by atoms with Crippen molar-refractivity contribution >= 4 is 0 Å². The Morgan fingerprint density at radius 3 is 1.43 bits per heavy atom. The summed E-state index contributed by atoms with van der Waals surface area (Å²) >= 11 is 0. The SMILES string of the molecule is [CH2]C[N+](C)(C)C.[I-]. The smallest absolute Gasteiger partial charge is 0.0782 e. The third-order valence-corrected chi connectivity index (χ3v) is 0.671. The molecule has 0 unspecified atom stereocenters. The summed E-state index contributed by atoms with van der Waals surface area (Å²) in [6.45, 7) is 4.69. The Balaban J connectivity index is 0. The molecule has 45 valence electrons. The van der Waals surface area contributed by atoms with Crippen molar-refractivity contribution in [1.82, 2.24) is 0 Å². The molecule has 0 bridgehead atoms. The van der Waals surface area contributed by atoms with E-state index in [4.69, 9.17) is 0 Å². The van der Waals surface area contributed by atoms with Crippen LogP contribution in [0.4, 0.5) is 0 Å². The molecule has 0 aliphatic carbocycles. The average molecular weight is 214 g/mol. The molecule has 0 spiro atoms. The highest BCUT2D eigenvalue weighted by molar-refractivity contribution is 4.25. The zero-order valence-corrected chi connectivity index (χ0v) is 7.40. The van der Waals surface area contributed by atoms with E-state index >= 15 is 0 Å². The maximum Gasteiger partial charge on any atom is 0.0782 e. The highest BCUT2D eigenvalue weighted by Gasteiger charge is 1.97. The molecular weight excluding hydrogens is 201 g/mol. The first-order valence-corrected chi connectivity index (χ1v) is 2.16. The van der Waals surface area contributed by atoms with Crippen molar-refractivity contribution in [3.63, 3.8) is 0 Å². The van der Waals surface area contributed by atoms with E-state index in [1.807, 2.05) is 0 Å². The third-order valence-electron chi connectivity index (χ3n) is 0.671. The van der Waals surface area contributed by atoms with Crippen LogP contribution >= 0.6 is 0 Å². The highest BCUT2D eigenvalue weighted by Crippen LogP contribution is 1.83. The highest BCUT2D eigenvalue weighted by atomic mass is 127. The Morgan fingerprint density at radius 2 is 1.43 bits per heavy atom. The zero-order chi connectivity index (χ0) is 5.21. The third kappa shape index (κ3) is 10.8. The Kier molecular flexibility index (Phi) is 5.56. The fraction of sp³-hybridized carbons (Fsp3) is 0.800. The Hall–Kier alpha value is 0.690. The molecule has 0 atom stereocenters. The predicted molar refractivity (Wildman–Crippen MR) is 28.3 cm³/mol. The molecule has 0 aromatic rings. The molecule has 0 saturated heterocycles. The molecule has 0 aromatic heterocycles. The van der Waals surface area contributed by atoms with Crippen molar-refractivity contribution < 1.29 is 28.5 Å². The first-order valence-electron chi connectivity index (χ1n) is 2.16. The van der Waals surface area contributed by atoms with Gasteiger partial charge in [-0.25, -0.2) is 0 Å². The van der Waals surface area contributed by atoms with Gasteiger partial charge in [-0.2, -0.15) is 0 Å². The van der Waals surface area contributed by atoms with Crippen LogP contribution < -0.4 is 24.0 Å².